The van der Waals surface area contributed by atoms with E-state index in [-0.39, 0.29) is 17.9 Å². The van der Waals surface area contributed by atoms with Crippen LogP contribution in [0.3, 0.4) is 0 Å². The van der Waals surface area contributed by atoms with E-state index in [0.29, 0.717) is 16.9 Å². The number of ether oxygens (including phenoxy) is 2. The third-order valence-electron chi connectivity index (χ3n) is 3.90. The third-order valence-corrected chi connectivity index (χ3v) is 3.90. The zero-order valence-corrected chi connectivity index (χ0v) is 16.0. The highest BCUT2D eigenvalue weighted by molar-refractivity contribution is 5.91. The van der Waals surface area contributed by atoms with E-state index in [1.807, 2.05) is 0 Å². The largest absolute Gasteiger partial charge is 0.493 e. The average Bonchev–Trinajstić information content (AvgIpc) is 2.77. The molecule has 0 aliphatic carbocycles. The van der Waals surface area contributed by atoms with Crippen molar-refractivity contribution in [1.29, 1.82) is 0 Å². The zero-order valence-electron chi connectivity index (χ0n) is 16.0. The first kappa shape index (κ1) is 20.5. The van der Waals surface area contributed by atoms with Gasteiger partial charge >= 0.3 is 5.97 Å². The number of aromatic nitrogens is 2. The molecule has 1 aromatic carbocycles. The van der Waals surface area contributed by atoms with Crippen molar-refractivity contribution in [2.45, 2.75) is 6.54 Å². The number of amides is 1. The average molecular weight is 406 g/mol. The number of nitrogens with one attached hydrogen (secondary N) is 1. The predicted octanol–water partition coefficient (Wildman–Crippen LogP) is 1.62. The van der Waals surface area contributed by atoms with Crippen LogP contribution in [0.2, 0.25) is 0 Å². The van der Waals surface area contributed by atoms with E-state index >= 15 is 0 Å². The normalized spacial score (nSPS) is 10.6. The summed E-state index contributed by atoms with van der Waals surface area (Å²) >= 11 is 0. The maximum atomic E-state index is 12.2. The molecule has 0 unspecified atom stereocenters. The summed E-state index contributed by atoms with van der Waals surface area (Å²) in [5, 5.41) is 3.87. The Balaban J connectivity index is 1.63. The molecule has 0 fully saturated rings. The first-order valence-electron chi connectivity index (χ1n) is 8.84. The topological polar surface area (TPSA) is 112 Å². The van der Waals surface area contributed by atoms with E-state index in [0.717, 1.165) is 0 Å². The van der Waals surface area contributed by atoms with Gasteiger partial charge in [-0.3, -0.25) is 14.6 Å². The van der Waals surface area contributed by atoms with Gasteiger partial charge in [-0.2, -0.15) is 5.10 Å². The lowest BCUT2D eigenvalue weighted by atomic mass is 10.2. The monoisotopic (exact) mass is 406 g/mol. The minimum atomic E-state index is -0.564. The van der Waals surface area contributed by atoms with Gasteiger partial charge in [0.2, 0.25) is 0 Å². The summed E-state index contributed by atoms with van der Waals surface area (Å²) in [5.74, 6) is -0.464. The summed E-state index contributed by atoms with van der Waals surface area (Å²) in [5.41, 5.74) is 2.98. The molecule has 2 heterocycles. The van der Waals surface area contributed by atoms with E-state index in [1.54, 1.807) is 48.7 Å². The molecule has 3 aromatic rings. The highest BCUT2D eigenvalue weighted by Gasteiger charge is 2.12. The van der Waals surface area contributed by atoms with E-state index in [2.05, 4.69) is 15.5 Å². The standard InChI is InChI=1S/C21H18N4O5/c1-29-18-11-15(7-8-17(18)30-21(28)16-5-4-9-22-13-16)12-23-24-19(26)14-25-10-3-2-6-20(25)27/h2-13H,14H2,1H3,(H,24,26)/b23-12-. The van der Waals surface area contributed by atoms with Gasteiger partial charge in [-0.1, -0.05) is 6.07 Å². The summed E-state index contributed by atoms with van der Waals surface area (Å²) in [6.07, 6.45) is 5.88. The number of hydrogen-bond donors (Lipinski definition) is 1. The third kappa shape index (κ3) is 5.38. The molecule has 3 rings (SSSR count). The number of hydrazone groups is 1. The minimum absolute atomic E-state index is 0.149. The van der Waals surface area contributed by atoms with Crippen LogP contribution in [0.25, 0.3) is 0 Å². The summed E-state index contributed by atoms with van der Waals surface area (Å²) in [4.78, 5) is 39.6. The summed E-state index contributed by atoms with van der Waals surface area (Å²) in [6.45, 7) is -0.149. The van der Waals surface area contributed by atoms with E-state index in [9.17, 15) is 14.4 Å². The van der Waals surface area contributed by atoms with Crippen LogP contribution in [0.5, 0.6) is 11.5 Å². The second kappa shape index (κ2) is 9.78. The molecular weight excluding hydrogens is 388 g/mol. The van der Waals surface area contributed by atoms with Crippen molar-refractivity contribution in [1.82, 2.24) is 15.0 Å². The molecule has 0 saturated carbocycles. The number of hydrogen-bond acceptors (Lipinski definition) is 7. The fourth-order valence-corrected chi connectivity index (χ4v) is 2.45. The van der Waals surface area contributed by atoms with Gasteiger partial charge in [0, 0.05) is 24.7 Å². The van der Waals surface area contributed by atoms with Gasteiger partial charge in [-0.25, -0.2) is 10.2 Å². The Morgan fingerprint density at radius 2 is 2.03 bits per heavy atom. The lowest BCUT2D eigenvalue weighted by Crippen LogP contribution is -2.28. The number of methoxy groups -OCH3 is 1. The molecule has 0 atom stereocenters. The van der Waals surface area contributed by atoms with Crippen LogP contribution in [0.4, 0.5) is 0 Å². The number of nitrogens with zero attached hydrogens (tertiary/aromatic N) is 3. The van der Waals surface area contributed by atoms with Crippen molar-refractivity contribution in [2.75, 3.05) is 7.11 Å². The number of carbonyl (C=O) groups excluding carboxylic acids is 2. The van der Waals surface area contributed by atoms with Gasteiger partial charge < -0.3 is 14.0 Å². The van der Waals surface area contributed by atoms with Crippen LogP contribution >= 0.6 is 0 Å². The maximum Gasteiger partial charge on any atom is 0.345 e. The van der Waals surface area contributed by atoms with Gasteiger partial charge in [0.25, 0.3) is 11.5 Å². The lowest BCUT2D eigenvalue weighted by molar-refractivity contribution is -0.121. The van der Waals surface area contributed by atoms with Crippen LogP contribution in [-0.4, -0.2) is 34.8 Å². The van der Waals surface area contributed by atoms with E-state index in [1.165, 1.54) is 36.4 Å². The second-order valence-corrected chi connectivity index (χ2v) is 6.00. The van der Waals surface area contributed by atoms with Gasteiger partial charge in [-0.05, 0) is 42.0 Å². The van der Waals surface area contributed by atoms with Crippen LogP contribution in [-0.2, 0) is 11.3 Å². The molecule has 1 N–H and O–H groups in total. The van der Waals surface area contributed by atoms with Crippen molar-refractivity contribution in [3.05, 3.63) is 88.6 Å². The van der Waals surface area contributed by atoms with Gasteiger partial charge in [0.1, 0.15) is 6.54 Å². The van der Waals surface area contributed by atoms with E-state index < -0.39 is 11.9 Å². The predicted molar refractivity (Wildman–Crippen MR) is 109 cm³/mol. The summed E-state index contributed by atoms with van der Waals surface area (Å²) in [6, 6.07) is 12.7. The smallest absolute Gasteiger partial charge is 0.345 e. The molecule has 1 amide bonds. The van der Waals surface area contributed by atoms with Crippen LogP contribution in [0.1, 0.15) is 15.9 Å². The van der Waals surface area contributed by atoms with Crippen molar-refractivity contribution in [2.24, 2.45) is 5.10 Å². The highest BCUT2D eigenvalue weighted by Crippen LogP contribution is 2.28. The Morgan fingerprint density at radius 3 is 2.77 bits per heavy atom. The molecule has 0 aliphatic heterocycles. The van der Waals surface area contributed by atoms with Gasteiger partial charge in [0.05, 0.1) is 18.9 Å². The first-order chi connectivity index (χ1) is 14.6. The number of carbonyl (C=O) groups is 2. The Hall–Kier alpha value is -4.27. The molecule has 30 heavy (non-hydrogen) atoms. The fourth-order valence-electron chi connectivity index (χ4n) is 2.45. The fraction of sp³-hybridized carbons (Fsp3) is 0.0952. The van der Waals surface area contributed by atoms with Crippen LogP contribution in [0, 0.1) is 0 Å². The number of benzene rings is 1. The molecule has 0 spiro atoms. The Kier molecular flexibility index (Phi) is 6.67. The van der Waals surface area contributed by atoms with Crippen LogP contribution < -0.4 is 20.5 Å². The Labute approximate surface area is 171 Å². The molecule has 9 nitrogen and oxygen atoms in total. The van der Waals surface area contributed by atoms with Gasteiger partial charge in [-0.15, -0.1) is 0 Å². The molecule has 0 aliphatic rings. The van der Waals surface area contributed by atoms with Crippen molar-refractivity contribution >= 4 is 18.1 Å². The molecular formula is C21H18N4O5. The summed E-state index contributed by atoms with van der Waals surface area (Å²) in [7, 11) is 1.44. The zero-order chi connectivity index (χ0) is 21.3. The first-order valence-corrected chi connectivity index (χ1v) is 8.84. The summed E-state index contributed by atoms with van der Waals surface area (Å²) < 4.78 is 11.9. The number of rotatable bonds is 7. The Bertz CT molecular complexity index is 1130. The maximum absolute atomic E-state index is 12.2. The quantitative estimate of drug-likeness (QED) is 0.276. The number of esters is 1. The molecule has 0 radical (unpaired) electrons. The minimum Gasteiger partial charge on any atom is -0.493 e. The van der Waals surface area contributed by atoms with Gasteiger partial charge in [0.15, 0.2) is 11.5 Å². The second-order valence-electron chi connectivity index (χ2n) is 6.00. The van der Waals surface area contributed by atoms with Crippen molar-refractivity contribution in [3.63, 3.8) is 0 Å². The molecule has 2 aromatic heterocycles. The van der Waals surface area contributed by atoms with E-state index in [4.69, 9.17) is 9.47 Å². The SMILES string of the molecule is COc1cc(/C=N\NC(=O)Cn2ccccc2=O)ccc1OC(=O)c1cccnc1. The highest BCUT2D eigenvalue weighted by atomic mass is 16.6. The van der Waals surface area contributed by atoms with Crippen molar-refractivity contribution in [3.8, 4) is 11.5 Å². The molecule has 9 heteroatoms. The molecule has 152 valence electrons. The number of pyridine rings is 2. The lowest BCUT2D eigenvalue weighted by Gasteiger charge is -2.09. The Morgan fingerprint density at radius 1 is 1.17 bits per heavy atom. The van der Waals surface area contributed by atoms with Crippen molar-refractivity contribution < 1.29 is 19.1 Å². The molecule has 0 bridgehead atoms. The van der Waals surface area contributed by atoms with Crippen LogP contribution in [0.15, 0.2) is 77.0 Å². The molecule has 0 saturated heterocycles.